The molecule has 1 saturated carbocycles. The van der Waals surface area contributed by atoms with E-state index in [0.717, 1.165) is 18.3 Å². The molecule has 66 valence electrons. The van der Waals surface area contributed by atoms with Gasteiger partial charge in [0.05, 0.1) is 5.41 Å². The Hall–Kier alpha value is -1.37. The van der Waals surface area contributed by atoms with Crippen molar-refractivity contribution in [2.75, 3.05) is 0 Å². The van der Waals surface area contributed by atoms with Crippen molar-refractivity contribution in [1.82, 2.24) is 0 Å². The first-order chi connectivity index (χ1) is 6.33. The second-order valence-corrected chi connectivity index (χ2v) is 3.57. The van der Waals surface area contributed by atoms with Crippen molar-refractivity contribution < 1.29 is 4.79 Å². The van der Waals surface area contributed by atoms with Crippen molar-refractivity contribution in [3.8, 4) is 0 Å². The third kappa shape index (κ3) is 1.12. The summed E-state index contributed by atoms with van der Waals surface area (Å²) < 4.78 is 0. The molecule has 1 aliphatic rings. The van der Waals surface area contributed by atoms with Gasteiger partial charge in [0, 0.05) is 0 Å². The maximum Gasteiger partial charge on any atom is 0.131 e. The van der Waals surface area contributed by atoms with Crippen molar-refractivity contribution in [1.29, 1.82) is 0 Å². The Kier molecular flexibility index (Phi) is 1.80. The summed E-state index contributed by atoms with van der Waals surface area (Å²) in [4.78, 5) is 11.0. The normalized spacial score (nSPS) is 30.9. The molecular weight excluding hydrogens is 160 g/mol. The number of carbonyl (C=O) groups excluding carboxylic acids is 1. The van der Waals surface area contributed by atoms with Crippen LogP contribution >= 0.6 is 0 Å². The molecule has 0 spiro atoms. The molecule has 1 aliphatic carbocycles. The summed E-state index contributed by atoms with van der Waals surface area (Å²) in [6, 6.07) is 9.93. The zero-order valence-corrected chi connectivity index (χ0v) is 7.44. The topological polar surface area (TPSA) is 17.1 Å². The van der Waals surface area contributed by atoms with Crippen LogP contribution in [0.15, 0.2) is 43.0 Å². The van der Waals surface area contributed by atoms with Crippen molar-refractivity contribution in [2.45, 2.75) is 11.8 Å². The van der Waals surface area contributed by atoms with Gasteiger partial charge in [-0.2, -0.15) is 0 Å². The quantitative estimate of drug-likeness (QED) is 0.505. The van der Waals surface area contributed by atoms with Crippen LogP contribution in [0, 0.1) is 5.92 Å². The fraction of sp³-hybridized carbons (Fsp3) is 0.250. The van der Waals surface area contributed by atoms with Crippen LogP contribution in [0.2, 0.25) is 0 Å². The zero-order chi connectivity index (χ0) is 9.31. The summed E-state index contributed by atoms with van der Waals surface area (Å²) in [7, 11) is 0. The number of allylic oxidation sites excluding steroid dienone is 1. The summed E-state index contributed by atoms with van der Waals surface area (Å²) >= 11 is 0. The highest BCUT2D eigenvalue weighted by molar-refractivity contribution is 5.75. The number of hydrogen-bond acceptors (Lipinski definition) is 1. The fourth-order valence-electron chi connectivity index (χ4n) is 1.88. The second-order valence-electron chi connectivity index (χ2n) is 3.57. The van der Waals surface area contributed by atoms with Gasteiger partial charge in [-0.25, -0.2) is 0 Å². The lowest BCUT2D eigenvalue weighted by Gasteiger charge is -2.07. The van der Waals surface area contributed by atoms with Gasteiger partial charge >= 0.3 is 0 Å². The van der Waals surface area contributed by atoms with E-state index in [-0.39, 0.29) is 5.41 Å². The third-order valence-electron chi connectivity index (χ3n) is 2.87. The average Bonchev–Trinajstić information content (AvgIpc) is 2.94. The maximum absolute atomic E-state index is 11.0. The minimum Gasteiger partial charge on any atom is -0.302 e. The Morgan fingerprint density at radius 1 is 1.38 bits per heavy atom. The molecule has 1 aromatic carbocycles. The molecule has 2 atom stereocenters. The highest BCUT2D eigenvalue weighted by Crippen LogP contribution is 2.53. The van der Waals surface area contributed by atoms with Crippen LogP contribution in [0.5, 0.6) is 0 Å². The third-order valence-corrected chi connectivity index (χ3v) is 2.87. The van der Waals surface area contributed by atoms with Gasteiger partial charge in [-0.05, 0) is 17.9 Å². The van der Waals surface area contributed by atoms with E-state index in [9.17, 15) is 4.79 Å². The Morgan fingerprint density at radius 3 is 2.54 bits per heavy atom. The first-order valence-corrected chi connectivity index (χ1v) is 4.48. The molecule has 13 heavy (non-hydrogen) atoms. The molecule has 0 radical (unpaired) electrons. The Labute approximate surface area is 78.1 Å². The zero-order valence-electron chi connectivity index (χ0n) is 7.44. The predicted molar refractivity (Wildman–Crippen MR) is 52.5 cm³/mol. The molecule has 0 heterocycles. The molecule has 0 amide bonds. The fourth-order valence-corrected chi connectivity index (χ4v) is 1.88. The van der Waals surface area contributed by atoms with Crippen LogP contribution in [0.4, 0.5) is 0 Å². The van der Waals surface area contributed by atoms with Crippen molar-refractivity contribution in [2.24, 2.45) is 5.92 Å². The largest absolute Gasteiger partial charge is 0.302 e. The van der Waals surface area contributed by atoms with Gasteiger partial charge in [0.25, 0.3) is 0 Å². The highest BCUT2D eigenvalue weighted by atomic mass is 16.1. The van der Waals surface area contributed by atoms with E-state index in [4.69, 9.17) is 0 Å². The molecule has 1 heteroatoms. The Morgan fingerprint density at radius 2 is 2.08 bits per heavy atom. The molecule has 0 N–H and O–H groups in total. The Bertz CT molecular complexity index is 328. The minimum absolute atomic E-state index is 0.247. The van der Waals surface area contributed by atoms with Crippen LogP contribution in [0.3, 0.4) is 0 Å². The van der Waals surface area contributed by atoms with Gasteiger partial charge in [0.15, 0.2) is 0 Å². The van der Waals surface area contributed by atoms with Gasteiger partial charge in [0.1, 0.15) is 6.29 Å². The standard InChI is InChI=1S/C12H12O/c1-2-10-8-12(10,9-13)11-6-4-3-5-7-11/h2-7,9-10H,1,8H2/t10-,12+/m0/s1. The molecule has 1 aromatic rings. The number of rotatable bonds is 3. The van der Waals surface area contributed by atoms with Crippen molar-refractivity contribution in [3.05, 3.63) is 48.6 Å². The summed E-state index contributed by atoms with van der Waals surface area (Å²) in [6.07, 6.45) is 3.86. The first kappa shape index (κ1) is 8.24. The smallest absolute Gasteiger partial charge is 0.131 e. The van der Waals surface area contributed by atoms with Crippen LogP contribution in [-0.2, 0) is 10.2 Å². The van der Waals surface area contributed by atoms with Crippen LogP contribution in [-0.4, -0.2) is 6.29 Å². The highest BCUT2D eigenvalue weighted by Gasteiger charge is 2.53. The molecule has 0 unspecified atom stereocenters. The lowest BCUT2D eigenvalue weighted by Crippen LogP contribution is -2.10. The summed E-state index contributed by atoms with van der Waals surface area (Å²) in [6.45, 7) is 3.73. The van der Waals surface area contributed by atoms with E-state index in [0.29, 0.717) is 5.92 Å². The van der Waals surface area contributed by atoms with Gasteiger partial charge in [-0.1, -0.05) is 36.4 Å². The molecular formula is C12H12O. The number of benzene rings is 1. The van der Waals surface area contributed by atoms with Gasteiger partial charge in [0.2, 0.25) is 0 Å². The summed E-state index contributed by atoms with van der Waals surface area (Å²) in [5.74, 6) is 0.340. The molecule has 0 saturated heterocycles. The van der Waals surface area contributed by atoms with Gasteiger partial charge in [-0.3, -0.25) is 0 Å². The minimum atomic E-state index is -0.247. The SMILES string of the molecule is C=C[C@H]1C[C@]1(C=O)c1ccccc1. The predicted octanol–water partition coefficient (Wildman–Crippen LogP) is 2.33. The van der Waals surface area contributed by atoms with Crippen LogP contribution in [0.1, 0.15) is 12.0 Å². The molecule has 2 rings (SSSR count). The molecule has 0 bridgehead atoms. The second kappa shape index (κ2) is 2.84. The molecule has 0 aromatic heterocycles. The Balaban J connectivity index is 2.35. The lowest BCUT2D eigenvalue weighted by atomic mass is 9.95. The lowest BCUT2D eigenvalue weighted by molar-refractivity contribution is -0.110. The summed E-state index contributed by atoms with van der Waals surface area (Å²) in [5.41, 5.74) is 0.873. The average molecular weight is 172 g/mol. The van der Waals surface area contributed by atoms with E-state index in [2.05, 4.69) is 6.58 Å². The van der Waals surface area contributed by atoms with E-state index < -0.39 is 0 Å². The number of aldehydes is 1. The van der Waals surface area contributed by atoms with Gasteiger partial charge < -0.3 is 4.79 Å². The van der Waals surface area contributed by atoms with E-state index in [1.54, 1.807) is 0 Å². The first-order valence-electron chi connectivity index (χ1n) is 4.48. The maximum atomic E-state index is 11.0. The molecule has 1 nitrogen and oxygen atoms in total. The van der Waals surface area contributed by atoms with E-state index in [1.165, 1.54) is 0 Å². The van der Waals surface area contributed by atoms with Gasteiger partial charge in [-0.15, -0.1) is 6.58 Å². The molecule has 1 fully saturated rings. The number of hydrogen-bond donors (Lipinski definition) is 0. The van der Waals surface area contributed by atoms with E-state index >= 15 is 0 Å². The summed E-state index contributed by atoms with van der Waals surface area (Å²) in [5, 5.41) is 0. The van der Waals surface area contributed by atoms with Crippen molar-refractivity contribution >= 4 is 6.29 Å². The van der Waals surface area contributed by atoms with Crippen molar-refractivity contribution in [3.63, 3.8) is 0 Å². The van der Waals surface area contributed by atoms with Crippen LogP contribution < -0.4 is 0 Å². The van der Waals surface area contributed by atoms with Crippen LogP contribution in [0.25, 0.3) is 0 Å². The van der Waals surface area contributed by atoms with E-state index in [1.807, 2.05) is 36.4 Å². The molecule has 0 aliphatic heterocycles. The number of carbonyl (C=O) groups is 1. The monoisotopic (exact) mass is 172 g/mol.